The van der Waals surface area contributed by atoms with Crippen molar-refractivity contribution in [1.29, 1.82) is 0 Å². The summed E-state index contributed by atoms with van der Waals surface area (Å²) in [5.41, 5.74) is 7.38. The molecule has 120 valence electrons. The molecule has 2 aromatic carbocycles. The Morgan fingerprint density at radius 2 is 1.83 bits per heavy atom. The molecule has 0 saturated heterocycles. The largest absolute Gasteiger partial charge is 0.492 e. The lowest BCUT2D eigenvalue weighted by Crippen LogP contribution is -2.23. The second kappa shape index (κ2) is 8.43. The van der Waals surface area contributed by atoms with Crippen molar-refractivity contribution in [3.05, 3.63) is 54.6 Å². The number of carbonyl (C=O) groups excluding carboxylic acids is 1. The van der Waals surface area contributed by atoms with Crippen molar-refractivity contribution in [2.75, 3.05) is 23.8 Å². The van der Waals surface area contributed by atoms with Crippen molar-refractivity contribution in [1.82, 2.24) is 0 Å². The molecule has 0 aliphatic heterocycles. The van der Waals surface area contributed by atoms with Gasteiger partial charge in [-0.3, -0.25) is 4.79 Å². The summed E-state index contributed by atoms with van der Waals surface area (Å²) >= 11 is 0. The predicted octanol–water partition coefficient (Wildman–Crippen LogP) is 2.45. The molecule has 0 aliphatic rings. The van der Waals surface area contributed by atoms with Crippen LogP contribution >= 0.6 is 0 Å². The van der Waals surface area contributed by atoms with Crippen LogP contribution < -0.4 is 21.1 Å². The number of para-hydroxylation sites is 1. The molecule has 0 atom stereocenters. The fourth-order valence-electron chi connectivity index (χ4n) is 1.91. The minimum absolute atomic E-state index is 0.119. The van der Waals surface area contributed by atoms with Crippen molar-refractivity contribution in [2.45, 2.75) is 6.92 Å². The zero-order chi connectivity index (χ0) is 16.5. The molecule has 23 heavy (non-hydrogen) atoms. The summed E-state index contributed by atoms with van der Waals surface area (Å²) in [7, 11) is 0. The van der Waals surface area contributed by atoms with Crippen LogP contribution in [-0.2, 0) is 4.79 Å². The SMILES string of the molecule is CC(=O)Nc1cccc(OCCN=C(N)Nc2ccccc2)c1. The number of benzene rings is 2. The van der Waals surface area contributed by atoms with E-state index in [9.17, 15) is 4.79 Å². The number of carbonyl (C=O) groups is 1. The number of rotatable bonds is 6. The van der Waals surface area contributed by atoms with Crippen LogP contribution in [0.2, 0.25) is 0 Å². The average Bonchev–Trinajstić information content (AvgIpc) is 2.52. The fraction of sp³-hybridized carbons (Fsp3) is 0.176. The standard InChI is InChI=1S/C17H20N4O2/c1-13(22)20-15-8-5-9-16(12-15)23-11-10-19-17(18)21-14-6-3-2-4-7-14/h2-9,12H,10-11H2,1H3,(H,20,22)(H3,18,19,21). The molecule has 0 heterocycles. The van der Waals surface area contributed by atoms with Crippen LogP contribution in [0.1, 0.15) is 6.92 Å². The first-order valence-corrected chi connectivity index (χ1v) is 7.26. The van der Waals surface area contributed by atoms with Crippen molar-refractivity contribution in [3.8, 4) is 5.75 Å². The molecule has 6 heteroatoms. The first-order chi connectivity index (χ1) is 11.1. The summed E-state index contributed by atoms with van der Waals surface area (Å²) in [5.74, 6) is 0.888. The van der Waals surface area contributed by atoms with Crippen LogP contribution in [-0.4, -0.2) is 25.0 Å². The predicted molar refractivity (Wildman–Crippen MR) is 92.8 cm³/mol. The maximum Gasteiger partial charge on any atom is 0.221 e. The molecule has 0 aromatic heterocycles. The number of aliphatic imine (C=N–C) groups is 1. The first-order valence-electron chi connectivity index (χ1n) is 7.26. The topological polar surface area (TPSA) is 88.7 Å². The molecular weight excluding hydrogens is 292 g/mol. The Labute approximate surface area is 135 Å². The van der Waals surface area contributed by atoms with Gasteiger partial charge in [0.1, 0.15) is 12.4 Å². The van der Waals surface area contributed by atoms with Gasteiger partial charge in [0.15, 0.2) is 5.96 Å². The molecule has 0 fully saturated rings. The second-order valence-corrected chi connectivity index (χ2v) is 4.82. The summed E-state index contributed by atoms with van der Waals surface area (Å²) in [4.78, 5) is 15.2. The number of nitrogens with two attached hydrogens (primary N) is 1. The Morgan fingerprint density at radius 1 is 1.09 bits per heavy atom. The second-order valence-electron chi connectivity index (χ2n) is 4.82. The number of anilines is 2. The number of nitrogens with zero attached hydrogens (tertiary/aromatic N) is 1. The van der Waals surface area contributed by atoms with Crippen LogP contribution in [0.3, 0.4) is 0 Å². The van der Waals surface area contributed by atoms with Gasteiger partial charge in [-0.25, -0.2) is 4.99 Å². The Morgan fingerprint density at radius 3 is 2.57 bits per heavy atom. The highest BCUT2D eigenvalue weighted by Crippen LogP contribution is 2.17. The van der Waals surface area contributed by atoms with E-state index in [0.717, 1.165) is 5.69 Å². The highest BCUT2D eigenvalue weighted by molar-refractivity contribution is 5.92. The molecule has 0 bridgehead atoms. The smallest absolute Gasteiger partial charge is 0.221 e. The van der Waals surface area contributed by atoms with Gasteiger partial charge >= 0.3 is 0 Å². The van der Waals surface area contributed by atoms with Gasteiger partial charge in [0.05, 0.1) is 6.54 Å². The van der Waals surface area contributed by atoms with Crippen molar-refractivity contribution >= 4 is 23.2 Å². The summed E-state index contributed by atoms with van der Waals surface area (Å²) < 4.78 is 5.59. The van der Waals surface area contributed by atoms with Crippen LogP contribution in [0.4, 0.5) is 11.4 Å². The summed E-state index contributed by atoms with van der Waals surface area (Å²) in [5, 5.41) is 5.70. The maximum absolute atomic E-state index is 11.0. The van der Waals surface area contributed by atoms with Gasteiger partial charge in [-0.1, -0.05) is 24.3 Å². The number of hydrogen-bond acceptors (Lipinski definition) is 3. The molecule has 0 spiro atoms. The van der Waals surface area contributed by atoms with Gasteiger partial charge < -0.3 is 21.1 Å². The molecule has 4 N–H and O–H groups in total. The zero-order valence-electron chi connectivity index (χ0n) is 13.0. The van der Waals surface area contributed by atoms with Gasteiger partial charge in [-0.2, -0.15) is 0 Å². The number of hydrogen-bond donors (Lipinski definition) is 3. The van der Waals surface area contributed by atoms with Crippen LogP contribution in [0, 0.1) is 0 Å². The third kappa shape index (κ3) is 6.09. The Kier molecular flexibility index (Phi) is 5.99. The lowest BCUT2D eigenvalue weighted by atomic mass is 10.3. The van der Waals surface area contributed by atoms with E-state index < -0.39 is 0 Å². The lowest BCUT2D eigenvalue weighted by Gasteiger charge is -2.08. The van der Waals surface area contributed by atoms with Crippen LogP contribution in [0.25, 0.3) is 0 Å². The summed E-state index contributed by atoms with van der Waals surface area (Å²) in [6.45, 7) is 2.28. The summed E-state index contributed by atoms with van der Waals surface area (Å²) in [6.07, 6.45) is 0. The van der Waals surface area contributed by atoms with Crippen molar-refractivity contribution < 1.29 is 9.53 Å². The van der Waals surface area contributed by atoms with Gasteiger partial charge in [0.25, 0.3) is 0 Å². The molecule has 0 radical (unpaired) electrons. The summed E-state index contributed by atoms with van der Waals surface area (Å²) in [6, 6.07) is 16.8. The number of guanidine groups is 1. The van der Waals surface area contributed by atoms with E-state index in [2.05, 4.69) is 15.6 Å². The highest BCUT2D eigenvalue weighted by Gasteiger charge is 1.99. The Bertz CT molecular complexity index is 671. The van der Waals surface area contributed by atoms with Gasteiger partial charge in [0.2, 0.25) is 5.91 Å². The van der Waals surface area contributed by atoms with Crippen LogP contribution in [0.5, 0.6) is 5.75 Å². The zero-order valence-corrected chi connectivity index (χ0v) is 13.0. The van der Waals surface area contributed by atoms with E-state index in [1.165, 1.54) is 6.92 Å². The molecule has 0 aliphatic carbocycles. The molecule has 0 saturated carbocycles. The van der Waals surface area contributed by atoms with E-state index >= 15 is 0 Å². The van der Waals surface area contributed by atoms with Crippen LogP contribution in [0.15, 0.2) is 59.6 Å². The maximum atomic E-state index is 11.0. The molecule has 0 unspecified atom stereocenters. The van der Waals surface area contributed by atoms with Gasteiger partial charge in [-0.05, 0) is 24.3 Å². The number of nitrogens with one attached hydrogen (secondary N) is 2. The first kappa shape index (κ1) is 16.4. The van der Waals surface area contributed by atoms with Crippen molar-refractivity contribution in [3.63, 3.8) is 0 Å². The number of ether oxygens (including phenoxy) is 1. The van der Waals surface area contributed by atoms with E-state index in [1.807, 2.05) is 42.5 Å². The normalized spacial score (nSPS) is 10.9. The average molecular weight is 312 g/mol. The quantitative estimate of drug-likeness (QED) is 0.434. The molecular formula is C17H20N4O2. The lowest BCUT2D eigenvalue weighted by molar-refractivity contribution is -0.114. The third-order valence-corrected chi connectivity index (χ3v) is 2.84. The highest BCUT2D eigenvalue weighted by atomic mass is 16.5. The van der Waals surface area contributed by atoms with E-state index in [1.54, 1.807) is 12.1 Å². The third-order valence-electron chi connectivity index (χ3n) is 2.84. The minimum atomic E-state index is -0.119. The Balaban J connectivity index is 1.78. The van der Waals surface area contributed by atoms with Gasteiger partial charge in [-0.15, -0.1) is 0 Å². The Hall–Kier alpha value is -3.02. The van der Waals surface area contributed by atoms with E-state index in [-0.39, 0.29) is 5.91 Å². The molecule has 6 nitrogen and oxygen atoms in total. The minimum Gasteiger partial charge on any atom is -0.492 e. The molecule has 2 rings (SSSR count). The molecule has 2 aromatic rings. The van der Waals surface area contributed by atoms with E-state index in [4.69, 9.17) is 10.5 Å². The van der Waals surface area contributed by atoms with Gasteiger partial charge in [0, 0.05) is 24.4 Å². The number of amides is 1. The fourth-order valence-corrected chi connectivity index (χ4v) is 1.91. The van der Waals surface area contributed by atoms with Crippen molar-refractivity contribution in [2.24, 2.45) is 10.7 Å². The van der Waals surface area contributed by atoms with E-state index in [0.29, 0.717) is 30.5 Å². The monoisotopic (exact) mass is 312 g/mol. The molecule has 1 amide bonds.